The van der Waals surface area contributed by atoms with Gasteiger partial charge in [-0.25, -0.2) is 15.4 Å². The van der Waals surface area contributed by atoms with E-state index in [2.05, 4.69) is 39.2 Å². The van der Waals surface area contributed by atoms with Gasteiger partial charge in [0.25, 0.3) is 5.91 Å². The highest BCUT2D eigenvalue weighted by molar-refractivity contribution is 6.39. The van der Waals surface area contributed by atoms with E-state index in [1.165, 1.54) is 0 Å². The molecule has 1 N–H and O–H groups in total. The molecule has 0 bridgehead atoms. The third kappa shape index (κ3) is 3.94. The van der Waals surface area contributed by atoms with E-state index < -0.39 is 0 Å². The number of anilines is 1. The van der Waals surface area contributed by atoms with Crippen molar-refractivity contribution in [3.8, 4) is 0 Å². The summed E-state index contributed by atoms with van der Waals surface area (Å²) in [6.45, 7) is 8.82. The Kier molecular flexibility index (Phi) is 4.96. The largest absolute Gasteiger partial charge is 0.353 e. The molecule has 0 aliphatic carbocycles. The van der Waals surface area contributed by atoms with Crippen LogP contribution in [-0.4, -0.2) is 58.6 Å². The summed E-state index contributed by atoms with van der Waals surface area (Å²) in [4.78, 5) is 36.8. The van der Waals surface area contributed by atoms with Crippen molar-refractivity contribution in [3.63, 3.8) is 0 Å². The zero-order valence-electron chi connectivity index (χ0n) is 14.9. The second kappa shape index (κ2) is 7.16. The first kappa shape index (κ1) is 17.3. The van der Waals surface area contributed by atoms with Gasteiger partial charge < -0.3 is 9.80 Å². The molecule has 1 aromatic heterocycles. The zero-order valence-corrected chi connectivity index (χ0v) is 14.9. The molecule has 134 valence electrons. The highest BCUT2D eigenvalue weighted by Crippen LogP contribution is 2.19. The van der Waals surface area contributed by atoms with E-state index in [0.29, 0.717) is 31.6 Å². The molecule has 0 atom stereocenters. The number of aryl methyl sites for hydroxylation is 1. The van der Waals surface area contributed by atoms with Gasteiger partial charge in [-0.2, -0.15) is 5.10 Å². The minimum Gasteiger partial charge on any atom is -0.353 e. The van der Waals surface area contributed by atoms with E-state index in [4.69, 9.17) is 0 Å². The van der Waals surface area contributed by atoms with Crippen LogP contribution in [0.5, 0.6) is 0 Å². The molecule has 1 aromatic rings. The van der Waals surface area contributed by atoms with Crippen LogP contribution in [0.15, 0.2) is 11.2 Å². The van der Waals surface area contributed by atoms with Gasteiger partial charge >= 0.3 is 0 Å². The monoisotopic (exact) mass is 344 g/mol. The third-order valence-corrected chi connectivity index (χ3v) is 4.42. The van der Waals surface area contributed by atoms with Crippen molar-refractivity contribution in [3.05, 3.63) is 17.6 Å². The first-order chi connectivity index (χ1) is 11.9. The molecule has 8 nitrogen and oxygen atoms in total. The van der Waals surface area contributed by atoms with Crippen molar-refractivity contribution in [2.45, 2.75) is 39.5 Å². The van der Waals surface area contributed by atoms with E-state index >= 15 is 0 Å². The maximum atomic E-state index is 12.5. The Balaban J connectivity index is 1.64. The van der Waals surface area contributed by atoms with Crippen LogP contribution in [0.2, 0.25) is 0 Å². The van der Waals surface area contributed by atoms with E-state index in [1.807, 2.05) is 13.0 Å². The lowest BCUT2D eigenvalue weighted by atomic mass is 10.1. The number of piperazine rings is 1. The smallest absolute Gasteiger partial charge is 0.270 e. The lowest BCUT2D eigenvalue weighted by molar-refractivity contribution is -0.124. The summed E-state index contributed by atoms with van der Waals surface area (Å²) in [6.07, 6.45) is 0.733. The highest BCUT2D eigenvalue weighted by atomic mass is 16.2. The average Bonchev–Trinajstić information content (AvgIpc) is 2.61. The van der Waals surface area contributed by atoms with Crippen LogP contribution in [-0.2, 0) is 9.59 Å². The van der Waals surface area contributed by atoms with Gasteiger partial charge in [-0.3, -0.25) is 9.59 Å². The molecule has 0 saturated carbocycles. The average molecular weight is 344 g/mol. The Morgan fingerprint density at radius 2 is 1.88 bits per heavy atom. The fourth-order valence-electron chi connectivity index (χ4n) is 2.94. The number of hydrazone groups is 1. The fourth-order valence-corrected chi connectivity index (χ4v) is 2.94. The third-order valence-electron chi connectivity index (χ3n) is 4.42. The summed E-state index contributed by atoms with van der Waals surface area (Å²) in [5.74, 6) is 1.83. The summed E-state index contributed by atoms with van der Waals surface area (Å²) in [7, 11) is 0. The maximum Gasteiger partial charge on any atom is 0.270 e. The fraction of sp³-hybridized carbons (Fsp3) is 0.588. The molecule has 2 amide bonds. The summed E-state index contributed by atoms with van der Waals surface area (Å²) in [5, 5.41) is 3.90. The molecular formula is C17H24N6O2. The number of hydrogen-bond acceptors (Lipinski definition) is 6. The molecule has 0 radical (unpaired) electrons. The Morgan fingerprint density at radius 3 is 2.48 bits per heavy atom. The van der Waals surface area contributed by atoms with E-state index in [0.717, 1.165) is 30.4 Å². The van der Waals surface area contributed by atoms with Crippen LogP contribution in [0.1, 0.15) is 44.1 Å². The van der Waals surface area contributed by atoms with Crippen molar-refractivity contribution >= 4 is 23.3 Å². The quantitative estimate of drug-likeness (QED) is 0.877. The Hall–Kier alpha value is -2.51. The molecule has 1 saturated heterocycles. The second-order valence-corrected chi connectivity index (χ2v) is 6.75. The standard InChI is InChI=1S/C17H24N6O2/c1-11(2)16-18-12(3)10-14(19-16)22-6-8-23(9-7-22)17(25)13-4-5-15(24)21-20-13/h10-11H,4-9H2,1-3H3,(H,21,24). The van der Waals surface area contributed by atoms with E-state index in [9.17, 15) is 9.59 Å². The van der Waals surface area contributed by atoms with Gasteiger partial charge in [0.1, 0.15) is 17.4 Å². The van der Waals surface area contributed by atoms with Gasteiger partial charge in [0.05, 0.1) is 0 Å². The number of amides is 2. The zero-order chi connectivity index (χ0) is 18.0. The summed E-state index contributed by atoms with van der Waals surface area (Å²) in [5.41, 5.74) is 3.78. The molecule has 2 aliphatic rings. The lowest BCUT2D eigenvalue weighted by Gasteiger charge is -2.36. The normalized spacial score (nSPS) is 18.2. The number of nitrogens with one attached hydrogen (secondary N) is 1. The minimum atomic E-state index is -0.138. The molecule has 25 heavy (non-hydrogen) atoms. The van der Waals surface area contributed by atoms with Gasteiger partial charge in [-0.15, -0.1) is 0 Å². The minimum absolute atomic E-state index is 0.0820. The van der Waals surface area contributed by atoms with Crippen molar-refractivity contribution in [2.75, 3.05) is 31.1 Å². The molecule has 1 fully saturated rings. The van der Waals surface area contributed by atoms with Gasteiger partial charge in [0.2, 0.25) is 5.91 Å². The van der Waals surface area contributed by atoms with Crippen molar-refractivity contribution in [1.29, 1.82) is 0 Å². The number of aromatic nitrogens is 2. The molecule has 0 unspecified atom stereocenters. The Morgan fingerprint density at radius 1 is 1.16 bits per heavy atom. The second-order valence-electron chi connectivity index (χ2n) is 6.75. The van der Waals surface area contributed by atoms with Gasteiger partial charge in [0.15, 0.2) is 0 Å². The maximum absolute atomic E-state index is 12.5. The van der Waals surface area contributed by atoms with Crippen LogP contribution in [0.3, 0.4) is 0 Å². The van der Waals surface area contributed by atoms with Gasteiger partial charge in [0, 0.05) is 56.7 Å². The lowest BCUT2D eigenvalue weighted by Crippen LogP contribution is -2.51. The topological polar surface area (TPSA) is 90.8 Å². The van der Waals surface area contributed by atoms with E-state index in [1.54, 1.807) is 4.90 Å². The predicted molar refractivity (Wildman–Crippen MR) is 94.5 cm³/mol. The SMILES string of the molecule is Cc1cc(N2CCN(C(=O)C3=NNC(=O)CC3)CC2)nc(C(C)C)n1. The van der Waals surface area contributed by atoms with E-state index in [-0.39, 0.29) is 17.7 Å². The van der Waals surface area contributed by atoms with Gasteiger partial charge in [-0.05, 0) is 6.92 Å². The molecule has 2 aliphatic heterocycles. The Labute approximate surface area is 147 Å². The molecule has 0 aromatic carbocycles. The number of carbonyl (C=O) groups excluding carboxylic acids is 2. The van der Waals surface area contributed by atoms with Crippen molar-refractivity contribution in [1.82, 2.24) is 20.3 Å². The highest BCUT2D eigenvalue weighted by Gasteiger charge is 2.27. The molecule has 8 heteroatoms. The molecule has 0 spiro atoms. The molecule has 3 rings (SSSR count). The number of hydrogen-bond donors (Lipinski definition) is 1. The van der Waals surface area contributed by atoms with Crippen LogP contribution < -0.4 is 10.3 Å². The molecular weight excluding hydrogens is 320 g/mol. The van der Waals surface area contributed by atoms with Crippen LogP contribution in [0.25, 0.3) is 0 Å². The summed E-state index contributed by atoms with van der Waals surface area (Å²) < 4.78 is 0. The summed E-state index contributed by atoms with van der Waals surface area (Å²) >= 11 is 0. The van der Waals surface area contributed by atoms with Crippen LogP contribution >= 0.6 is 0 Å². The summed E-state index contributed by atoms with van der Waals surface area (Å²) in [6, 6.07) is 1.99. The number of nitrogens with zero attached hydrogens (tertiary/aromatic N) is 5. The predicted octanol–water partition coefficient (Wildman–Crippen LogP) is 0.823. The van der Waals surface area contributed by atoms with Crippen LogP contribution in [0, 0.1) is 6.92 Å². The van der Waals surface area contributed by atoms with Crippen LogP contribution in [0.4, 0.5) is 5.82 Å². The Bertz CT molecular complexity index is 707. The number of rotatable bonds is 3. The first-order valence-corrected chi connectivity index (χ1v) is 8.69. The van der Waals surface area contributed by atoms with Crippen molar-refractivity contribution in [2.24, 2.45) is 5.10 Å². The number of carbonyl (C=O) groups is 2. The van der Waals surface area contributed by atoms with Gasteiger partial charge in [-0.1, -0.05) is 13.8 Å². The first-order valence-electron chi connectivity index (χ1n) is 8.69. The van der Waals surface area contributed by atoms with Crippen molar-refractivity contribution < 1.29 is 9.59 Å². The molecule has 3 heterocycles.